The summed E-state index contributed by atoms with van der Waals surface area (Å²) in [5.74, 6) is 2.89. The molecule has 6 heteroatoms. The predicted octanol–water partition coefficient (Wildman–Crippen LogP) is 3.44. The van der Waals surface area contributed by atoms with Crippen LogP contribution in [-0.2, 0) is 16.8 Å². The molecule has 0 fully saturated rings. The molecule has 0 saturated carbocycles. The van der Waals surface area contributed by atoms with Gasteiger partial charge < -0.3 is 20.1 Å². The van der Waals surface area contributed by atoms with Crippen molar-refractivity contribution >= 4 is 11.8 Å². The van der Waals surface area contributed by atoms with Gasteiger partial charge in [-0.05, 0) is 47.7 Å². The molecule has 0 aliphatic rings. The van der Waals surface area contributed by atoms with Crippen molar-refractivity contribution in [3.63, 3.8) is 0 Å². The maximum atomic E-state index is 12.5. The Morgan fingerprint density at radius 1 is 1.10 bits per heavy atom. The fourth-order valence-corrected chi connectivity index (χ4v) is 2.87. The molecule has 0 aromatic heterocycles. The van der Waals surface area contributed by atoms with Crippen LogP contribution in [0.2, 0.25) is 0 Å². The van der Waals surface area contributed by atoms with Crippen LogP contribution in [0.3, 0.4) is 0 Å². The van der Waals surface area contributed by atoms with Gasteiger partial charge in [0.1, 0.15) is 12.6 Å². The first kappa shape index (κ1) is 23.8. The number of methoxy groups -OCH3 is 1. The van der Waals surface area contributed by atoms with Gasteiger partial charge in [0.05, 0.1) is 7.11 Å². The third-order valence-electron chi connectivity index (χ3n) is 4.76. The molecular formula is C25H30N2O4. The number of benzene rings is 2. The van der Waals surface area contributed by atoms with Crippen LogP contribution in [0, 0.1) is 12.3 Å². The Morgan fingerprint density at radius 2 is 1.77 bits per heavy atom. The maximum Gasteiger partial charge on any atom is 0.251 e. The fraction of sp³-hybridized carbons (Fsp3) is 0.360. The fourth-order valence-electron chi connectivity index (χ4n) is 2.87. The summed E-state index contributed by atoms with van der Waals surface area (Å²) in [6.45, 7) is 8.37. The molecule has 1 atom stereocenters. The van der Waals surface area contributed by atoms with Crippen LogP contribution in [0.4, 0.5) is 0 Å². The minimum atomic E-state index is -0.690. The molecule has 0 radical (unpaired) electrons. The Labute approximate surface area is 184 Å². The van der Waals surface area contributed by atoms with Crippen LogP contribution in [0.25, 0.3) is 0 Å². The molecule has 0 bridgehead atoms. The van der Waals surface area contributed by atoms with Gasteiger partial charge in [0, 0.05) is 12.1 Å². The van der Waals surface area contributed by atoms with Crippen LogP contribution >= 0.6 is 0 Å². The van der Waals surface area contributed by atoms with Gasteiger partial charge in [0.2, 0.25) is 5.91 Å². The topological polar surface area (TPSA) is 76.7 Å². The van der Waals surface area contributed by atoms with E-state index in [9.17, 15) is 9.59 Å². The first-order valence-electron chi connectivity index (χ1n) is 10.1. The summed E-state index contributed by atoms with van der Waals surface area (Å²) in [6, 6.07) is 12.1. The second-order valence-corrected chi connectivity index (χ2v) is 8.22. The van der Waals surface area contributed by atoms with Crippen LogP contribution in [0.1, 0.15) is 49.2 Å². The average Bonchev–Trinajstić information content (AvgIpc) is 2.75. The lowest BCUT2D eigenvalue weighted by Gasteiger charge is -2.19. The maximum absolute atomic E-state index is 12.5. The molecule has 164 valence electrons. The van der Waals surface area contributed by atoms with Crippen molar-refractivity contribution in [1.82, 2.24) is 10.6 Å². The molecular weight excluding hydrogens is 392 g/mol. The third-order valence-corrected chi connectivity index (χ3v) is 4.76. The normalized spacial score (nSPS) is 11.7. The SMILES string of the molecule is C#CCOc1cc(CNC(=O)C(C)NC(=O)c2ccc(C(C)(C)C)cc2)ccc1OC. The Hall–Kier alpha value is -3.46. The molecule has 2 aromatic rings. The number of rotatable bonds is 8. The molecule has 0 saturated heterocycles. The molecule has 6 nitrogen and oxygen atoms in total. The quantitative estimate of drug-likeness (QED) is 0.639. The van der Waals surface area contributed by atoms with Crippen LogP contribution in [0.5, 0.6) is 11.5 Å². The first-order valence-corrected chi connectivity index (χ1v) is 10.1. The van der Waals surface area contributed by atoms with E-state index in [2.05, 4.69) is 37.3 Å². The van der Waals surface area contributed by atoms with Crippen LogP contribution < -0.4 is 20.1 Å². The highest BCUT2D eigenvalue weighted by Crippen LogP contribution is 2.28. The highest BCUT2D eigenvalue weighted by atomic mass is 16.5. The highest BCUT2D eigenvalue weighted by Gasteiger charge is 2.18. The third kappa shape index (κ3) is 6.78. The lowest BCUT2D eigenvalue weighted by atomic mass is 9.86. The van der Waals surface area contributed by atoms with Crippen molar-refractivity contribution in [1.29, 1.82) is 0 Å². The van der Waals surface area contributed by atoms with Crippen molar-refractivity contribution in [3.05, 3.63) is 59.2 Å². The Balaban J connectivity index is 1.94. The van der Waals surface area contributed by atoms with Crippen molar-refractivity contribution in [2.45, 2.75) is 45.7 Å². The van der Waals surface area contributed by atoms with Gasteiger partial charge in [-0.1, -0.05) is 44.9 Å². The lowest BCUT2D eigenvalue weighted by Crippen LogP contribution is -2.44. The smallest absolute Gasteiger partial charge is 0.251 e. The summed E-state index contributed by atoms with van der Waals surface area (Å²) in [5.41, 5.74) is 2.48. The van der Waals surface area contributed by atoms with E-state index in [1.54, 1.807) is 38.3 Å². The highest BCUT2D eigenvalue weighted by molar-refractivity contribution is 5.97. The molecule has 31 heavy (non-hydrogen) atoms. The number of nitrogens with one attached hydrogen (secondary N) is 2. The standard InChI is InChI=1S/C25H30N2O4/c1-7-14-31-22-15-18(8-13-21(22)30-6)16-26-23(28)17(2)27-24(29)19-9-11-20(12-10-19)25(3,4)5/h1,8-13,15,17H,14,16H2,2-6H3,(H,26,28)(H,27,29). The number of ether oxygens (including phenoxy) is 2. The zero-order valence-electron chi connectivity index (χ0n) is 18.7. The van der Waals surface area contributed by atoms with Crippen molar-refractivity contribution in [2.24, 2.45) is 0 Å². The van der Waals surface area contributed by atoms with Crippen molar-refractivity contribution < 1.29 is 19.1 Å². The summed E-state index contributed by atoms with van der Waals surface area (Å²) in [7, 11) is 1.54. The van der Waals surface area contributed by atoms with E-state index in [1.165, 1.54) is 0 Å². The molecule has 0 heterocycles. The zero-order valence-corrected chi connectivity index (χ0v) is 18.7. The predicted molar refractivity (Wildman–Crippen MR) is 121 cm³/mol. The molecule has 2 aromatic carbocycles. The Bertz CT molecular complexity index is 953. The molecule has 2 amide bonds. The largest absolute Gasteiger partial charge is 0.493 e. The van der Waals surface area contributed by atoms with E-state index in [-0.39, 0.29) is 30.4 Å². The van der Waals surface area contributed by atoms with Gasteiger partial charge in [-0.3, -0.25) is 9.59 Å². The van der Waals surface area contributed by atoms with Gasteiger partial charge in [0.15, 0.2) is 11.5 Å². The molecule has 2 rings (SSSR count). The minimum Gasteiger partial charge on any atom is -0.493 e. The summed E-state index contributed by atoms with van der Waals surface area (Å²) < 4.78 is 10.7. The van der Waals surface area contributed by atoms with Gasteiger partial charge in [-0.25, -0.2) is 0 Å². The summed E-state index contributed by atoms with van der Waals surface area (Å²) in [6.07, 6.45) is 5.24. The summed E-state index contributed by atoms with van der Waals surface area (Å²) in [5, 5.41) is 5.55. The van der Waals surface area contributed by atoms with Crippen LogP contribution in [0.15, 0.2) is 42.5 Å². The monoisotopic (exact) mass is 422 g/mol. The van der Waals surface area contributed by atoms with Crippen molar-refractivity contribution in [3.8, 4) is 23.8 Å². The second kappa shape index (κ2) is 10.5. The number of terminal acetylenes is 1. The van der Waals surface area contributed by atoms with E-state index in [0.717, 1.165) is 11.1 Å². The molecule has 0 spiro atoms. The molecule has 0 aliphatic heterocycles. The van der Waals surface area contributed by atoms with E-state index in [1.807, 2.05) is 18.2 Å². The average molecular weight is 423 g/mol. The van der Waals surface area contributed by atoms with Gasteiger partial charge in [-0.2, -0.15) is 0 Å². The Morgan fingerprint density at radius 3 is 2.35 bits per heavy atom. The number of hydrogen-bond acceptors (Lipinski definition) is 4. The van der Waals surface area contributed by atoms with E-state index in [0.29, 0.717) is 17.1 Å². The number of carbonyl (C=O) groups excluding carboxylic acids is 2. The first-order chi connectivity index (χ1) is 14.7. The number of hydrogen-bond donors (Lipinski definition) is 2. The molecule has 1 unspecified atom stereocenters. The van der Waals surface area contributed by atoms with E-state index >= 15 is 0 Å². The van der Waals surface area contributed by atoms with Crippen molar-refractivity contribution in [2.75, 3.05) is 13.7 Å². The van der Waals surface area contributed by atoms with E-state index in [4.69, 9.17) is 15.9 Å². The molecule has 2 N–H and O–H groups in total. The van der Waals surface area contributed by atoms with Crippen LogP contribution in [-0.4, -0.2) is 31.6 Å². The Kier molecular flexibility index (Phi) is 8.09. The lowest BCUT2D eigenvalue weighted by molar-refractivity contribution is -0.122. The van der Waals surface area contributed by atoms with Gasteiger partial charge in [0.25, 0.3) is 5.91 Å². The molecule has 0 aliphatic carbocycles. The van der Waals surface area contributed by atoms with Gasteiger partial charge >= 0.3 is 0 Å². The van der Waals surface area contributed by atoms with E-state index < -0.39 is 6.04 Å². The number of amides is 2. The summed E-state index contributed by atoms with van der Waals surface area (Å²) in [4.78, 5) is 24.9. The van der Waals surface area contributed by atoms with Gasteiger partial charge in [-0.15, -0.1) is 6.42 Å². The second-order valence-electron chi connectivity index (χ2n) is 8.22. The number of carbonyl (C=O) groups is 2. The minimum absolute atomic E-state index is 0.00930. The summed E-state index contributed by atoms with van der Waals surface area (Å²) >= 11 is 0. The zero-order chi connectivity index (χ0) is 23.0.